The maximum Gasteiger partial charge on any atom is 0.305 e. The number of guanidine groups is 1. The lowest BCUT2D eigenvalue weighted by molar-refractivity contribution is -0.141. The molecule has 5 atom stereocenters. The van der Waals surface area contributed by atoms with Crippen molar-refractivity contribution in [2.75, 3.05) is 32.0 Å². The van der Waals surface area contributed by atoms with Crippen LogP contribution in [0.4, 0.5) is 0 Å². The smallest absolute Gasteiger partial charge is 0.305 e. The van der Waals surface area contributed by atoms with E-state index in [1.54, 1.807) is 30.3 Å². The summed E-state index contributed by atoms with van der Waals surface area (Å²) in [4.78, 5) is 115. The molecule has 0 saturated carbocycles. The van der Waals surface area contributed by atoms with Crippen molar-refractivity contribution >= 4 is 65.0 Å². The minimum Gasteiger partial charge on any atom is -0.481 e. The summed E-state index contributed by atoms with van der Waals surface area (Å²) in [5, 5.41) is 21.0. The molecular weight excluding hydrogens is 741 g/mol. The second-order valence-corrected chi connectivity index (χ2v) is 14.2. The number of imide groups is 1. The molecule has 2 heterocycles. The number of aliphatic imine (C=N–C) groups is 1. The van der Waals surface area contributed by atoms with Crippen LogP contribution in [0.25, 0.3) is 0 Å². The highest BCUT2D eigenvalue weighted by atomic mass is 32.2. The number of carboxylic acid groups (broad SMARTS) is 1. The third-order valence-electron chi connectivity index (χ3n) is 8.64. The van der Waals surface area contributed by atoms with E-state index in [2.05, 4.69) is 36.4 Å². The Kier molecular flexibility index (Phi) is 18.3. The monoisotopic (exact) mass is 790 g/mol. The van der Waals surface area contributed by atoms with E-state index in [1.807, 2.05) is 0 Å². The molecule has 12 N–H and O–H groups in total. The van der Waals surface area contributed by atoms with Crippen molar-refractivity contribution in [2.24, 2.45) is 22.4 Å². The van der Waals surface area contributed by atoms with E-state index >= 15 is 0 Å². The molecule has 0 aromatic heterocycles. The predicted molar refractivity (Wildman–Crippen MR) is 199 cm³/mol. The van der Waals surface area contributed by atoms with Gasteiger partial charge in [0.15, 0.2) is 5.96 Å². The van der Waals surface area contributed by atoms with Gasteiger partial charge in [-0.15, -0.1) is 11.8 Å². The quantitative estimate of drug-likeness (QED) is 0.0238. The summed E-state index contributed by atoms with van der Waals surface area (Å²) in [6.45, 7) is 0.0383. The van der Waals surface area contributed by atoms with Crippen LogP contribution in [0.1, 0.15) is 56.9 Å². The van der Waals surface area contributed by atoms with Crippen LogP contribution in [0.2, 0.25) is 0 Å². The number of rotatable bonds is 18. The third kappa shape index (κ3) is 15.2. The van der Waals surface area contributed by atoms with Gasteiger partial charge < -0.3 is 48.0 Å². The van der Waals surface area contributed by atoms with Crippen LogP contribution >= 0.6 is 11.8 Å². The Balaban J connectivity index is 1.90. The highest BCUT2D eigenvalue weighted by Crippen LogP contribution is 2.26. The van der Waals surface area contributed by atoms with Crippen molar-refractivity contribution in [3.8, 4) is 0 Å². The van der Waals surface area contributed by atoms with Crippen molar-refractivity contribution < 1.29 is 48.3 Å². The number of carbonyl (C=O) groups excluding carboxylic acids is 7. The summed E-state index contributed by atoms with van der Waals surface area (Å²) >= 11 is 0.979. The van der Waals surface area contributed by atoms with Gasteiger partial charge in [-0.25, -0.2) is 5.90 Å². The minimum atomic E-state index is -1.63. The van der Waals surface area contributed by atoms with Crippen LogP contribution in [-0.2, 0) is 49.6 Å². The van der Waals surface area contributed by atoms with Gasteiger partial charge in [0.2, 0.25) is 41.4 Å². The fourth-order valence-electron chi connectivity index (χ4n) is 5.79. The van der Waals surface area contributed by atoms with Crippen molar-refractivity contribution in [2.45, 2.75) is 87.2 Å². The summed E-state index contributed by atoms with van der Waals surface area (Å²) in [7, 11) is 0. The van der Waals surface area contributed by atoms with Crippen LogP contribution in [0.15, 0.2) is 35.3 Å². The number of hydrogen-bond acceptors (Lipinski definition) is 12. The molecule has 1 aromatic carbocycles. The molecule has 0 spiro atoms. The number of amides is 7. The first-order valence-electron chi connectivity index (χ1n) is 17.9. The molecule has 2 aliphatic rings. The van der Waals surface area contributed by atoms with E-state index in [-0.39, 0.29) is 56.4 Å². The average molecular weight is 791 g/mol. The van der Waals surface area contributed by atoms with Gasteiger partial charge in [-0.3, -0.25) is 48.2 Å². The Labute approximate surface area is 321 Å². The van der Waals surface area contributed by atoms with Crippen molar-refractivity contribution in [1.82, 2.24) is 31.5 Å². The number of likely N-dealkylation sites (tertiary alicyclic amines) is 1. The molecule has 1 unspecified atom stereocenters. The number of nitrogens with one attached hydrogen (secondary N) is 5. The Morgan fingerprint density at radius 3 is 2.18 bits per heavy atom. The van der Waals surface area contributed by atoms with Crippen molar-refractivity contribution in [3.63, 3.8) is 0 Å². The second kappa shape index (κ2) is 22.8. The fraction of sp³-hybridized carbons (Fsp3) is 0.559. The van der Waals surface area contributed by atoms with E-state index in [1.165, 1.54) is 4.90 Å². The topological polar surface area (TPSA) is 320 Å². The van der Waals surface area contributed by atoms with Gasteiger partial charge in [-0.1, -0.05) is 43.2 Å². The van der Waals surface area contributed by atoms with E-state index in [0.717, 1.165) is 31.0 Å². The number of benzene rings is 1. The first-order chi connectivity index (χ1) is 26.3. The molecule has 7 amide bonds. The number of unbranched alkanes of at least 4 members (excludes halogenated alkanes) is 3. The van der Waals surface area contributed by atoms with Gasteiger partial charge in [0.25, 0.3) is 0 Å². The number of aliphatic carboxylic acids is 1. The summed E-state index contributed by atoms with van der Waals surface area (Å²) in [5.41, 5.74) is 11.4. The number of carbonyl (C=O) groups is 8. The Morgan fingerprint density at radius 2 is 1.49 bits per heavy atom. The summed E-state index contributed by atoms with van der Waals surface area (Å²) in [6, 6.07) is 2.88. The van der Waals surface area contributed by atoms with Crippen LogP contribution in [-0.4, -0.2) is 125 Å². The van der Waals surface area contributed by atoms with Gasteiger partial charge in [0, 0.05) is 31.7 Å². The zero-order chi connectivity index (χ0) is 40.3. The summed E-state index contributed by atoms with van der Waals surface area (Å²) < 4.78 is 0. The molecule has 302 valence electrons. The van der Waals surface area contributed by atoms with Crippen LogP contribution < -0.4 is 43.9 Å². The van der Waals surface area contributed by atoms with Gasteiger partial charge >= 0.3 is 5.97 Å². The molecule has 0 radical (unpaired) electrons. The zero-order valence-electron chi connectivity index (χ0n) is 30.3. The van der Waals surface area contributed by atoms with Crippen molar-refractivity contribution in [3.05, 3.63) is 35.9 Å². The molecule has 3 rings (SSSR count). The maximum atomic E-state index is 14.0. The molecule has 2 saturated heterocycles. The van der Waals surface area contributed by atoms with Crippen LogP contribution in [0.3, 0.4) is 0 Å². The third-order valence-corrected chi connectivity index (χ3v) is 9.94. The van der Waals surface area contributed by atoms with Crippen LogP contribution in [0, 0.1) is 0 Å². The molecule has 1 aromatic rings. The number of thioether (sulfide) groups is 1. The fourth-order valence-corrected chi connectivity index (χ4v) is 6.98. The van der Waals surface area contributed by atoms with Gasteiger partial charge in [0.05, 0.1) is 24.8 Å². The molecular formula is C34H50N10O10S. The maximum absolute atomic E-state index is 14.0. The van der Waals surface area contributed by atoms with E-state index < -0.39 is 83.8 Å². The molecule has 2 fully saturated rings. The van der Waals surface area contributed by atoms with E-state index in [9.17, 15) is 43.5 Å². The Hall–Kier alpha value is -5.28. The zero-order valence-corrected chi connectivity index (χ0v) is 31.1. The lowest BCUT2D eigenvalue weighted by atomic mass is 10.0. The van der Waals surface area contributed by atoms with Gasteiger partial charge in [-0.05, 0) is 31.2 Å². The standard InChI is InChI=1S/C34H50N10O10S/c35-34(36)38-12-8-11-21-29(49)39-18-26(45)40-23(16-28(47)48)31(51)42-22(15-20-9-4-3-5-10-20)30(50)43-24(32(52)41-21)19-55-25-17-27(46)44(33(25)53)13-6-1-2-7-14-54-37/h3-5,9-10,21-25H,1-2,6-8,11-19,37H2,(H,39,49)(H,40,45)(H,41,52)(H,42,51)(H,43,50)(H,47,48)(H4,35,36,38)/t21-,22+,23-,24-,25?/m0/s1. The molecule has 20 nitrogen and oxygen atoms in total. The number of nitrogens with two attached hydrogens (primary N) is 3. The molecule has 55 heavy (non-hydrogen) atoms. The van der Waals surface area contributed by atoms with Gasteiger partial charge in [-0.2, -0.15) is 0 Å². The lowest BCUT2D eigenvalue weighted by Gasteiger charge is -2.26. The number of carboxylic acids is 1. The lowest BCUT2D eigenvalue weighted by Crippen LogP contribution is -2.59. The molecule has 2 aliphatic heterocycles. The molecule has 21 heteroatoms. The predicted octanol–water partition coefficient (Wildman–Crippen LogP) is -2.86. The van der Waals surface area contributed by atoms with E-state index in [0.29, 0.717) is 18.6 Å². The first-order valence-corrected chi connectivity index (χ1v) is 18.9. The highest BCUT2D eigenvalue weighted by molar-refractivity contribution is 8.00. The average Bonchev–Trinajstić information content (AvgIpc) is 3.41. The highest BCUT2D eigenvalue weighted by Gasteiger charge is 2.40. The summed E-state index contributed by atoms with van der Waals surface area (Å²) in [6.07, 6.45) is 2.00. The number of hydrogen-bond donors (Lipinski definition) is 9. The SMILES string of the molecule is NOCCCCCCN1C(=O)CC(SC[C@@H]2NC(=O)[C@@H](Cc3ccccc3)NC(=O)[C@H](CC(=O)O)NC(=O)CNC(=O)[C@H](CCCN=C(N)N)NC2=O)C1=O. The van der Waals surface area contributed by atoms with Crippen LogP contribution in [0.5, 0.6) is 0 Å². The normalized spacial score (nSPS) is 22.7. The largest absolute Gasteiger partial charge is 0.481 e. The molecule has 0 bridgehead atoms. The minimum absolute atomic E-state index is 0.00802. The first kappa shape index (κ1) is 44.1. The second-order valence-electron chi connectivity index (χ2n) is 13.0. The molecule has 0 aliphatic carbocycles. The van der Waals surface area contributed by atoms with E-state index in [4.69, 9.17) is 17.4 Å². The van der Waals surface area contributed by atoms with Gasteiger partial charge in [0.1, 0.15) is 24.2 Å². The summed E-state index contributed by atoms with van der Waals surface area (Å²) in [5.74, 6) is -1.96. The Morgan fingerprint density at radius 1 is 0.836 bits per heavy atom. The Bertz CT molecular complexity index is 1560. The number of nitrogens with zero attached hydrogens (tertiary/aromatic N) is 2. The van der Waals surface area contributed by atoms with Crippen molar-refractivity contribution in [1.29, 1.82) is 0 Å².